The topological polar surface area (TPSA) is 92.3 Å². The van der Waals surface area contributed by atoms with Crippen molar-refractivity contribution >= 4 is 28.3 Å². The first kappa shape index (κ1) is 17.2. The molecule has 1 heterocycles. The first-order chi connectivity index (χ1) is 12.5. The minimum absolute atomic E-state index is 0.245. The fraction of sp³-hybridized carbons (Fsp3) is 0.150. The van der Waals surface area contributed by atoms with Crippen LogP contribution >= 0.6 is 0 Å². The average molecular weight is 348 g/mol. The standard InChI is InChI=1S/C20H16N2O4/c1-3-18(23)26-15-7-4-12(2)17(8-15)22-20(24)19-13(9-21)5-6-14-10-25-11-16(14)19/h4-8,10-11H,3H2,1-2H3,(H,22,24). The van der Waals surface area contributed by atoms with Gasteiger partial charge >= 0.3 is 5.97 Å². The highest BCUT2D eigenvalue weighted by Gasteiger charge is 2.18. The van der Waals surface area contributed by atoms with Crippen LogP contribution in [0.25, 0.3) is 10.8 Å². The number of rotatable bonds is 4. The molecule has 26 heavy (non-hydrogen) atoms. The quantitative estimate of drug-likeness (QED) is 0.564. The predicted octanol–water partition coefficient (Wildman–Crippen LogP) is 4.18. The SMILES string of the molecule is CCC(=O)Oc1ccc(C)c(NC(=O)c2c(C#N)ccc3cocc23)c1. The van der Waals surface area contributed by atoms with E-state index in [4.69, 9.17) is 9.15 Å². The lowest BCUT2D eigenvalue weighted by Gasteiger charge is -2.12. The molecule has 0 fully saturated rings. The summed E-state index contributed by atoms with van der Waals surface area (Å²) in [4.78, 5) is 24.3. The molecular weight excluding hydrogens is 332 g/mol. The van der Waals surface area contributed by atoms with Gasteiger partial charge in [-0.05, 0) is 30.7 Å². The van der Waals surface area contributed by atoms with Crippen LogP contribution in [0.4, 0.5) is 5.69 Å². The fourth-order valence-corrected chi connectivity index (χ4v) is 2.57. The Balaban J connectivity index is 1.96. The summed E-state index contributed by atoms with van der Waals surface area (Å²) in [5, 5.41) is 13.4. The first-order valence-corrected chi connectivity index (χ1v) is 8.05. The van der Waals surface area contributed by atoms with Gasteiger partial charge in [-0.1, -0.05) is 13.0 Å². The minimum atomic E-state index is -0.435. The van der Waals surface area contributed by atoms with E-state index in [1.54, 1.807) is 37.3 Å². The zero-order valence-corrected chi connectivity index (χ0v) is 14.3. The third-order valence-electron chi connectivity index (χ3n) is 3.99. The molecule has 1 N–H and O–H groups in total. The molecular formula is C20H16N2O4. The molecule has 0 aliphatic heterocycles. The zero-order chi connectivity index (χ0) is 18.7. The van der Waals surface area contributed by atoms with Crippen LogP contribution in [-0.2, 0) is 4.79 Å². The molecule has 1 aromatic heterocycles. The molecule has 0 aliphatic rings. The summed E-state index contributed by atoms with van der Waals surface area (Å²) in [6.45, 7) is 3.53. The van der Waals surface area contributed by atoms with E-state index in [9.17, 15) is 14.9 Å². The third kappa shape index (κ3) is 3.28. The summed E-state index contributed by atoms with van der Waals surface area (Å²) in [6.07, 6.45) is 3.21. The number of furan rings is 1. The van der Waals surface area contributed by atoms with Crippen molar-refractivity contribution in [1.82, 2.24) is 0 Å². The van der Waals surface area contributed by atoms with Gasteiger partial charge in [0.05, 0.1) is 29.7 Å². The molecule has 0 saturated carbocycles. The average Bonchev–Trinajstić information content (AvgIpc) is 3.11. The van der Waals surface area contributed by atoms with Gasteiger partial charge < -0.3 is 14.5 Å². The van der Waals surface area contributed by atoms with Gasteiger partial charge in [0.25, 0.3) is 5.91 Å². The van der Waals surface area contributed by atoms with Gasteiger partial charge in [-0.3, -0.25) is 9.59 Å². The van der Waals surface area contributed by atoms with Crippen LogP contribution in [0.15, 0.2) is 47.3 Å². The molecule has 0 saturated heterocycles. The molecule has 1 amide bonds. The minimum Gasteiger partial charge on any atom is -0.471 e. The van der Waals surface area contributed by atoms with Gasteiger partial charge in [-0.15, -0.1) is 0 Å². The van der Waals surface area contributed by atoms with Crippen LogP contribution in [0.2, 0.25) is 0 Å². The van der Waals surface area contributed by atoms with Crippen LogP contribution in [0.1, 0.15) is 34.8 Å². The van der Waals surface area contributed by atoms with Crippen LogP contribution < -0.4 is 10.1 Å². The van der Waals surface area contributed by atoms with Crippen LogP contribution in [0.3, 0.4) is 0 Å². The van der Waals surface area contributed by atoms with Crippen molar-refractivity contribution in [2.24, 2.45) is 0 Å². The largest absolute Gasteiger partial charge is 0.471 e. The molecule has 3 aromatic rings. The van der Waals surface area contributed by atoms with Crippen LogP contribution in [-0.4, -0.2) is 11.9 Å². The van der Waals surface area contributed by atoms with Crippen molar-refractivity contribution in [3.8, 4) is 11.8 Å². The first-order valence-electron chi connectivity index (χ1n) is 8.05. The van der Waals surface area contributed by atoms with E-state index < -0.39 is 5.91 Å². The molecule has 0 spiro atoms. The molecule has 6 heteroatoms. The molecule has 2 aromatic carbocycles. The third-order valence-corrected chi connectivity index (χ3v) is 3.99. The number of anilines is 1. The lowest BCUT2D eigenvalue weighted by atomic mass is 10.0. The Morgan fingerprint density at radius 2 is 2.04 bits per heavy atom. The number of ether oxygens (including phenoxy) is 1. The van der Waals surface area contributed by atoms with Crippen molar-refractivity contribution in [1.29, 1.82) is 5.26 Å². The Bertz CT molecular complexity index is 1040. The molecule has 0 atom stereocenters. The summed E-state index contributed by atoms with van der Waals surface area (Å²) in [5.41, 5.74) is 1.80. The lowest BCUT2D eigenvalue weighted by Crippen LogP contribution is -2.15. The van der Waals surface area contributed by atoms with Crippen molar-refractivity contribution in [2.45, 2.75) is 20.3 Å². The van der Waals surface area contributed by atoms with E-state index >= 15 is 0 Å². The Morgan fingerprint density at radius 3 is 2.77 bits per heavy atom. The number of carbonyl (C=O) groups excluding carboxylic acids is 2. The number of carbonyl (C=O) groups is 2. The van der Waals surface area contributed by atoms with E-state index in [0.717, 1.165) is 10.9 Å². The zero-order valence-electron chi connectivity index (χ0n) is 14.3. The number of fused-ring (bicyclic) bond motifs is 1. The smallest absolute Gasteiger partial charge is 0.310 e. The second-order valence-corrected chi connectivity index (χ2v) is 5.73. The fourth-order valence-electron chi connectivity index (χ4n) is 2.57. The molecule has 0 bridgehead atoms. The Labute approximate surface area is 150 Å². The lowest BCUT2D eigenvalue weighted by molar-refractivity contribution is -0.134. The number of hydrogen-bond donors (Lipinski definition) is 1. The highest BCUT2D eigenvalue weighted by atomic mass is 16.5. The van der Waals surface area contributed by atoms with Crippen molar-refractivity contribution < 1.29 is 18.7 Å². The molecule has 6 nitrogen and oxygen atoms in total. The summed E-state index contributed by atoms with van der Waals surface area (Å²) >= 11 is 0. The number of hydrogen-bond acceptors (Lipinski definition) is 5. The number of amides is 1. The van der Waals surface area contributed by atoms with Crippen molar-refractivity contribution in [3.05, 3.63) is 59.5 Å². The van der Waals surface area contributed by atoms with Crippen molar-refractivity contribution in [3.63, 3.8) is 0 Å². The maximum absolute atomic E-state index is 12.8. The molecule has 3 rings (SSSR count). The Morgan fingerprint density at radius 1 is 1.23 bits per heavy atom. The number of nitrogens with one attached hydrogen (secondary N) is 1. The van der Waals surface area contributed by atoms with Gasteiger partial charge in [0.2, 0.25) is 0 Å². The number of aryl methyl sites for hydroxylation is 1. The van der Waals surface area contributed by atoms with E-state index in [1.807, 2.05) is 13.0 Å². The van der Waals surface area contributed by atoms with E-state index in [-0.39, 0.29) is 23.5 Å². The van der Waals surface area contributed by atoms with Gasteiger partial charge in [0.1, 0.15) is 5.75 Å². The highest BCUT2D eigenvalue weighted by molar-refractivity contribution is 6.14. The summed E-state index contributed by atoms with van der Waals surface area (Å²) in [5.74, 6) is -0.448. The van der Waals surface area contributed by atoms with Crippen LogP contribution in [0, 0.1) is 18.3 Å². The number of esters is 1. The Hall–Kier alpha value is -3.59. The van der Waals surface area contributed by atoms with Gasteiger partial charge in [-0.25, -0.2) is 0 Å². The predicted molar refractivity (Wildman–Crippen MR) is 96.0 cm³/mol. The maximum atomic E-state index is 12.8. The summed E-state index contributed by atoms with van der Waals surface area (Å²) in [6, 6.07) is 10.3. The molecule has 0 radical (unpaired) electrons. The highest BCUT2D eigenvalue weighted by Crippen LogP contribution is 2.27. The Kier molecular flexibility index (Phi) is 4.72. The van der Waals surface area contributed by atoms with Crippen molar-refractivity contribution in [2.75, 3.05) is 5.32 Å². The molecule has 130 valence electrons. The second kappa shape index (κ2) is 7.11. The van der Waals surface area contributed by atoms with E-state index in [2.05, 4.69) is 5.32 Å². The van der Waals surface area contributed by atoms with Gasteiger partial charge in [0, 0.05) is 28.9 Å². The maximum Gasteiger partial charge on any atom is 0.310 e. The van der Waals surface area contributed by atoms with Gasteiger partial charge in [-0.2, -0.15) is 5.26 Å². The van der Waals surface area contributed by atoms with E-state index in [1.165, 1.54) is 12.5 Å². The summed E-state index contributed by atoms with van der Waals surface area (Å²) < 4.78 is 10.3. The number of nitrogens with zero attached hydrogens (tertiary/aromatic N) is 1. The molecule has 0 unspecified atom stereocenters. The van der Waals surface area contributed by atoms with E-state index in [0.29, 0.717) is 16.8 Å². The normalized spacial score (nSPS) is 10.3. The number of benzene rings is 2. The second-order valence-electron chi connectivity index (χ2n) is 5.73. The summed E-state index contributed by atoms with van der Waals surface area (Å²) in [7, 11) is 0. The van der Waals surface area contributed by atoms with Crippen LogP contribution in [0.5, 0.6) is 5.75 Å². The molecule has 0 aliphatic carbocycles. The van der Waals surface area contributed by atoms with Gasteiger partial charge in [0.15, 0.2) is 0 Å². The number of nitriles is 1. The monoisotopic (exact) mass is 348 g/mol.